The van der Waals surface area contributed by atoms with Gasteiger partial charge in [0, 0.05) is 40.8 Å². The standard InChI is InChI=1S/C23H23N5O5S/c1-14-17(4-3-5-20(14)28(31)32)23(30)25-22-18-12-34-13-19(18)26-27(22)11-21(29)24-10-15-6-8-16(33-2)9-7-15/h3-9H,10-13H2,1-2H3,(H,24,29)(H,25,30). The minimum atomic E-state index is -0.516. The summed E-state index contributed by atoms with van der Waals surface area (Å²) in [6.07, 6.45) is 0. The van der Waals surface area contributed by atoms with Crippen molar-refractivity contribution in [2.45, 2.75) is 31.5 Å². The third kappa shape index (κ3) is 4.88. The molecular formula is C23H23N5O5S. The summed E-state index contributed by atoms with van der Waals surface area (Å²) >= 11 is 1.67. The Hall–Kier alpha value is -3.86. The minimum Gasteiger partial charge on any atom is -0.497 e. The number of hydrogen-bond donors (Lipinski definition) is 2. The highest BCUT2D eigenvalue weighted by molar-refractivity contribution is 7.98. The molecule has 0 unspecified atom stereocenters. The number of hydrogen-bond acceptors (Lipinski definition) is 7. The summed E-state index contributed by atoms with van der Waals surface area (Å²) in [6.45, 7) is 1.81. The zero-order chi connectivity index (χ0) is 24.2. The Morgan fingerprint density at radius 2 is 1.97 bits per heavy atom. The van der Waals surface area contributed by atoms with Crippen molar-refractivity contribution in [3.8, 4) is 5.75 Å². The second-order valence-electron chi connectivity index (χ2n) is 7.71. The third-order valence-corrected chi connectivity index (χ3v) is 6.51. The van der Waals surface area contributed by atoms with Crippen molar-refractivity contribution < 1.29 is 19.2 Å². The number of nitrogens with zero attached hydrogens (tertiary/aromatic N) is 3. The van der Waals surface area contributed by atoms with Gasteiger partial charge in [0.25, 0.3) is 11.6 Å². The first-order valence-electron chi connectivity index (χ1n) is 10.5. The Labute approximate surface area is 199 Å². The van der Waals surface area contributed by atoms with Gasteiger partial charge in [-0.2, -0.15) is 16.9 Å². The molecule has 0 bridgehead atoms. The topological polar surface area (TPSA) is 128 Å². The minimum absolute atomic E-state index is 0.0721. The van der Waals surface area contributed by atoms with Gasteiger partial charge >= 0.3 is 0 Å². The fourth-order valence-electron chi connectivity index (χ4n) is 3.70. The van der Waals surface area contributed by atoms with Crippen molar-refractivity contribution in [1.82, 2.24) is 15.1 Å². The summed E-state index contributed by atoms with van der Waals surface area (Å²) < 4.78 is 6.62. The highest BCUT2D eigenvalue weighted by Crippen LogP contribution is 2.35. The van der Waals surface area contributed by atoms with E-state index in [0.717, 1.165) is 22.6 Å². The molecule has 0 aliphatic carbocycles. The number of aromatic nitrogens is 2. The van der Waals surface area contributed by atoms with E-state index in [1.807, 2.05) is 24.3 Å². The predicted octanol–water partition coefficient (Wildman–Crippen LogP) is 3.42. The average molecular weight is 482 g/mol. The van der Waals surface area contributed by atoms with E-state index >= 15 is 0 Å². The average Bonchev–Trinajstić information content (AvgIpc) is 3.40. The van der Waals surface area contributed by atoms with Gasteiger partial charge in [0.2, 0.25) is 5.91 Å². The molecule has 4 rings (SSSR count). The van der Waals surface area contributed by atoms with E-state index in [9.17, 15) is 19.7 Å². The predicted molar refractivity (Wildman–Crippen MR) is 128 cm³/mol. The number of methoxy groups -OCH3 is 1. The van der Waals surface area contributed by atoms with Crippen LogP contribution in [-0.2, 0) is 29.4 Å². The van der Waals surface area contributed by atoms with E-state index in [0.29, 0.717) is 23.9 Å². The van der Waals surface area contributed by atoms with E-state index in [1.54, 1.807) is 18.9 Å². The van der Waals surface area contributed by atoms with Gasteiger partial charge in [0.05, 0.1) is 17.7 Å². The molecule has 10 nitrogen and oxygen atoms in total. The number of ether oxygens (including phenoxy) is 1. The largest absolute Gasteiger partial charge is 0.497 e. The number of amides is 2. The van der Waals surface area contributed by atoms with Crippen molar-refractivity contribution in [3.63, 3.8) is 0 Å². The Morgan fingerprint density at radius 3 is 2.68 bits per heavy atom. The van der Waals surface area contributed by atoms with Gasteiger partial charge in [0.1, 0.15) is 18.1 Å². The summed E-state index contributed by atoms with van der Waals surface area (Å²) in [6, 6.07) is 11.7. The van der Waals surface area contributed by atoms with E-state index in [4.69, 9.17) is 4.74 Å². The highest BCUT2D eigenvalue weighted by Gasteiger charge is 2.26. The Balaban J connectivity index is 1.49. The van der Waals surface area contributed by atoms with E-state index < -0.39 is 10.8 Å². The summed E-state index contributed by atoms with van der Waals surface area (Å²) in [5.74, 6) is 1.78. The van der Waals surface area contributed by atoms with E-state index in [-0.39, 0.29) is 29.3 Å². The summed E-state index contributed by atoms with van der Waals surface area (Å²) in [4.78, 5) is 36.4. The second kappa shape index (κ2) is 9.96. The van der Waals surface area contributed by atoms with Crippen molar-refractivity contribution in [2.24, 2.45) is 0 Å². The molecule has 3 aromatic rings. The maximum atomic E-state index is 13.0. The summed E-state index contributed by atoms with van der Waals surface area (Å²) in [7, 11) is 1.59. The van der Waals surface area contributed by atoms with Gasteiger partial charge < -0.3 is 15.4 Å². The molecular weight excluding hydrogens is 458 g/mol. The lowest BCUT2D eigenvalue weighted by Gasteiger charge is -2.12. The van der Waals surface area contributed by atoms with Gasteiger partial charge in [-0.1, -0.05) is 18.2 Å². The molecule has 1 aliphatic heterocycles. The molecule has 0 fully saturated rings. The molecule has 2 amide bonds. The first-order valence-corrected chi connectivity index (χ1v) is 11.6. The number of anilines is 1. The molecule has 11 heteroatoms. The molecule has 0 atom stereocenters. The van der Waals surface area contributed by atoms with Crippen LogP contribution in [0.3, 0.4) is 0 Å². The number of fused-ring (bicyclic) bond motifs is 1. The lowest BCUT2D eigenvalue weighted by atomic mass is 10.1. The number of carbonyl (C=O) groups is 2. The lowest BCUT2D eigenvalue weighted by Crippen LogP contribution is -2.29. The van der Waals surface area contributed by atoms with Crippen molar-refractivity contribution in [1.29, 1.82) is 0 Å². The molecule has 0 radical (unpaired) electrons. The van der Waals surface area contributed by atoms with Crippen LogP contribution < -0.4 is 15.4 Å². The SMILES string of the molecule is COc1ccc(CNC(=O)Cn2nc3c(c2NC(=O)c2cccc([N+](=O)[O-])c2C)CSC3)cc1. The van der Waals surface area contributed by atoms with Crippen LogP contribution in [0.1, 0.15) is 32.7 Å². The molecule has 0 saturated heterocycles. The van der Waals surface area contributed by atoms with Crippen molar-refractivity contribution in [2.75, 3.05) is 12.4 Å². The van der Waals surface area contributed by atoms with E-state index in [2.05, 4.69) is 15.7 Å². The van der Waals surface area contributed by atoms with Crippen LogP contribution in [0.2, 0.25) is 0 Å². The molecule has 2 heterocycles. The van der Waals surface area contributed by atoms with Crippen LogP contribution >= 0.6 is 11.8 Å². The molecule has 0 spiro atoms. The Kier molecular flexibility index (Phi) is 6.82. The number of nitro groups is 1. The molecule has 34 heavy (non-hydrogen) atoms. The number of thioether (sulfide) groups is 1. The van der Waals surface area contributed by atoms with Gasteiger partial charge in [0.15, 0.2) is 0 Å². The number of benzene rings is 2. The quantitative estimate of drug-likeness (QED) is 0.373. The van der Waals surface area contributed by atoms with Crippen LogP contribution in [0.5, 0.6) is 5.75 Å². The first kappa shape index (κ1) is 23.3. The van der Waals surface area contributed by atoms with Gasteiger partial charge in [-0.3, -0.25) is 19.7 Å². The first-order chi connectivity index (χ1) is 16.4. The van der Waals surface area contributed by atoms with E-state index in [1.165, 1.54) is 29.8 Å². The summed E-state index contributed by atoms with van der Waals surface area (Å²) in [5, 5.41) is 21.5. The fourth-order valence-corrected chi connectivity index (χ4v) is 4.73. The number of nitro benzene ring substituents is 1. The molecule has 2 aromatic carbocycles. The van der Waals surface area contributed by atoms with Gasteiger partial charge in [-0.05, 0) is 30.7 Å². The van der Waals surface area contributed by atoms with Crippen LogP contribution in [0, 0.1) is 17.0 Å². The van der Waals surface area contributed by atoms with Crippen LogP contribution in [0.4, 0.5) is 11.5 Å². The number of carbonyl (C=O) groups excluding carboxylic acids is 2. The van der Waals surface area contributed by atoms with Crippen molar-refractivity contribution >= 4 is 35.1 Å². The monoisotopic (exact) mass is 481 g/mol. The maximum Gasteiger partial charge on any atom is 0.273 e. The maximum absolute atomic E-state index is 13.0. The molecule has 2 N–H and O–H groups in total. The van der Waals surface area contributed by atoms with Gasteiger partial charge in [-0.25, -0.2) is 4.68 Å². The fraction of sp³-hybridized carbons (Fsp3) is 0.261. The van der Waals surface area contributed by atoms with Crippen LogP contribution in [-0.4, -0.2) is 33.6 Å². The molecule has 0 saturated carbocycles. The zero-order valence-corrected chi connectivity index (χ0v) is 19.5. The molecule has 1 aliphatic rings. The Morgan fingerprint density at radius 1 is 1.21 bits per heavy atom. The zero-order valence-electron chi connectivity index (χ0n) is 18.7. The number of nitrogens with one attached hydrogen (secondary N) is 2. The third-order valence-electron chi connectivity index (χ3n) is 5.54. The highest BCUT2D eigenvalue weighted by atomic mass is 32.2. The van der Waals surface area contributed by atoms with Crippen LogP contribution in [0.25, 0.3) is 0 Å². The second-order valence-corrected chi connectivity index (χ2v) is 8.70. The normalized spacial score (nSPS) is 12.2. The lowest BCUT2D eigenvalue weighted by molar-refractivity contribution is -0.385. The van der Waals surface area contributed by atoms with Crippen molar-refractivity contribution in [3.05, 3.63) is 80.5 Å². The smallest absolute Gasteiger partial charge is 0.273 e. The molecule has 1 aromatic heterocycles. The number of rotatable bonds is 8. The molecule has 176 valence electrons. The Bertz CT molecular complexity index is 1260. The summed E-state index contributed by atoms with van der Waals surface area (Å²) in [5.41, 5.74) is 2.95. The van der Waals surface area contributed by atoms with Crippen LogP contribution in [0.15, 0.2) is 42.5 Å². The van der Waals surface area contributed by atoms with Gasteiger partial charge in [-0.15, -0.1) is 0 Å².